The summed E-state index contributed by atoms with van der Waals surface area (Å²) in [6, 6.07) is 17.0. The summed E-state index contributed by atoms with van der Waals surface area (Å²) in [7, 11) is -3.95. The molecule has 4 nitrogen and oxygen atoms in total. The summed E-state index contributed by atoms with van der Waals surface area (Å²) in [5, 5.41) is 0. The third-order valence-corrected chi connectivity index (χ3v) is 8.11. The average molecular weight is 507 g/mol. The van der Waals surface area contributed by atoms with Gasteiger partial charge < -0.3 is 0 Å². The number of anilines is 1. The van der Waals surface area contributed by atoms with Gasteiger partial charge in [0.25, 0.3) is 10.0 Å². The Morgan fingerprint density at radius 3 is 2.23 bits per heavy atom. The number of likely N-dealkylation sites (tertiary alicyclic amines) is 1. The molecule has 3 aromatic carbocycles. The SMILES string of the molecule is Cc1cccc(S(=O)(=O)N(c2ccc(F)cc2)C2CCN(Cc3ccccc3C(F)(F)F)CC2)c1. The summed E-state index contributed by atoms with van der Waals surface area (Å²) in [4.78, 5) is 2.05. The highest BCUT2D eigenvalue weighted by atomic mass is 32.2. The number of nitrogens with zero attached hydrogens (tertiary/aromatic N) is 2. The van der Waals surface area contributed by atoms with Gasteiger partial charge in [-0.05, 0) is 73.4 Å². The Hall–Kier alpha value is -2.91. The van der Waals surface area contributed by atoms with Crippen molar-refractivity contribution in [1.29, 1.82) is 0 Å². The van der Waals surface area contributed by atoms with Crippen LogP contribution in [0.4, 0.5) is 23.2 Å². The molecule has 3 aromatic rings. The Balaban J connectivity index is 1.58. The minimum Gasteiger partial charge on any atom is -0.299 e. The number of aryl methyl sites for hydroxylation is 1. The van der Waals surface area contributed by atoms with Crippen molar-refractivity contribution in [1.82, 2.24) is 4.90 Å². The Morgan fingerprint density at radius 2 is 1.60 bits per heavy atom. The third-order valence-electron chi connectivity index (χ3n) is 6.23. The molecule has 1 aliphatic heterocycles. The van der Waals surface area contributed by atoms with E-state index >= 15 is 0 Å². The molecule has 0 N–H and O–H groups in total. The summed E-state index contributed by atoms with van der Waals surface area (Å²) in [6.07, 6.45) is -3.58. The van der Waals surface area contributed by atoms with Crippen LogP contribution >= 0.6 is 0 Å². The van der Waals surface area contributed by atoms with Gasteiger partial charge >= 0.3 is 6.18 Å². The van der Waals surface area contributed by atoms with E-state index in [1.807, 2.05) is 4.90 Å². The number of hydrogen-bond acceptors (Lipinski definition) is 3. The van der Waals surface area contributed by atoms with E-state index in [9.17, 15) is 26.0 Å². The van der Waals surface area contributed by atoms with E-state index in [2.05, 4.69) is 0 Å². The predicted octanol–water partition coefficient (Wildman–Crippen LogP) is 6.01. The normalized spacial score (nSPS) is 15.8. The van der Waals surface area contributed by atoms with Crippen LogP contribution in [0, 0.1) is 12.7 Å². The summed E-state index contributed by atoms with van der Waals surface area (Å²) in [5.74, 6) is -0.472. The molecule has 1 heterocycles. The first kappa shape index (κ1) is 25.2. The van der Waals surface area contributed by atoms with Gasteiger partial charge in [0, 0.05) is 25.7 Å². The van der Waals surface area contributed by atoms with Crippen LogP contribution in [0.25, 0.3) is 0 Å². The lowest BCUT2D eigenvalue weighted by Crippen LogP contribution is -2.47. The summed E-state index contributed by atoms with van der Waals surface area (Å²) in [6.45, 7) is 2.79. The van der Waals surface area contributed by atoms with Gasteiger partial charge in [-0.1, -0.05) is 30.3 Å². The number of halogens is 4. The Bertz CT molecular complexity index is 1270. The molecule has 0 aromatic heterocycles. The Kier molecular flexibility index (Phi) is 7.19. The number of alkyl halides is 3. The van der Waals surface area contributed by atoms with Gasteiger partial charge in [0.05, 0.1) is 16.1 Å². The second-order valence-electron chi connectivity index (χ2n) is 8.76. The van der Waals surface area contributed by atoms with Crippen molar-refractivity contribution < 1.29 is 26.0 Å². The lowest BCUT2D eigenvalue weighted by Gasteiger charge is -2.39. The molecule has 1 saturated heterocycles. The maximum absolute atomic E-state index is 13.7. The molecule has 35 heavy (non-hydrogen) atoms. The van der Waals surface area contributed by atoms with Crippen LogP contribution in [-0.4, -0.2) is 32.4 Å². The lowest BCUT2D eigenvalue weighted by atomic mass is 10.0. The van der Waals surface area contributed by atoms with Crippen LogP contribution in [0.2, 0.25) is 0 Å². The highest BCUT2D eigenvalue weighted by Crippen LogP contribution is 2.34. The molecule has 186 valence electrons. The second kappa shape index (κ2) is 9.99. The highest BCUT2D eigenvalue weighted by molar-refractivity contribution is 7.92. The summed E-state index contributed by atoms with van der Waals surface area (Å²) in [5.41, 5.74) is 0.690. The fourth-order valence-electron chi connectivity index (χ4n) is 4.51. The molecule has 0 spiro atoms. The van der Waals surface area contributed by atoms with Crippen LogP contribution in [0.5, 0.6) is 0 Å². The number of piperidine rings is 1. The van der Waals surface area contributed by atoms with E-state index < -0.39 is 33.6 Å². The maximum atomic E-state index is 13.7. The zero-order valence-electron chi connectivity index (χ0n) is 19.2. The summed E-state index contributed by atoms with van der Waals surface area (Å²) < 4.78 is 82.5. The van der Waals surface area contributed by atoms with E-state index in [1.165, 1.54) is 46.8 Å². The van der Waals surface area contributed by atoms with Gasteiger partial charge in [-0.3, -0.25) is 9.21 Å². The number of benzene rings is 3. The van der Waals surface area contributed by atoms with Crippen LogP contribution in [0.1, 0.15) is 29.5 Å². The van der Waals surface area contributed by atoms with Crippen molar-refractivity contribution in [3.05, 3.63) is 95.3 Å². The molecule has 4 rings (SSSR count). The number of sulfonamides is 1. The molecule has 1 aliphatic rings. The second-order valence-corrected chi connectivity index (χ2v) is 10.6. The van der Waals surface area contributed by atoms with Crippen LogP contribution in [0.3, 0.4) is 0 Å². The molecule has 1 fully saturated rings. The lowest BCUT2D eigenvalue weighted by molar-refractivity contribution is -0.138. The third kappa shape index (κ3) is 5.67. The summed E-state index contributed by atoms with van der Waals surface area (Å²) >= 11 is 0. The van der Waals surface area contributed by atoms with Crippen molar-refractivity contribution in [3.63, 3.8) is 0 Å². The fourth-order valence-corrected chi connectivity index (χ4v) is 6.33. The van der Waals surface area contributed by atoms with Crippen LogP contribution in [-0.2, 0) is 22.7 Å². The predicted molar refractivity (Wildman–Crippen MR) is 127 cm³/mol. The first-order valence-electron chi connectivity index (χ1n) is 11.3. The Labute approximate surface area is 202 Å². The highest BCUT2D eigenvalue weighted by Gasteiger charge is 2.36. The van der Waals surface area contributed by atoms with Crippen molar-refractivity contribution in [2.75, 3.05) is 17.4 Å². The molecule has 0 bridgehead atoms. The molecule has 0 aliphatic carbocycles. The molecule has 9 heteroatoms. The van der Waals surface area contributed by atoms with Crippen molar-refractivity contribution in [2.24, 2.45) is 0 Å². The van der Waals surface area contributed by atoms with Crippen LogP contribution < -0.4 is 4.31 Å². The van der Waals surface area contributed by atoms with Crippen molar-refractivity contribution in [2.45, 2.75) is 43.4 Å². The van der Waals surface area contributed by atoms with Gasteiger partial charge in [-0.15, -0.1) is 0 Å². The monoisotopic (exact) mass is 506 g/mol. The minimum absolute atomic E-state index is 0.129. The fraction of sp³-hybridized carbons (Fsp3) is 0.308. The molecule has 0 amide bonds. The smallest absolute Gasteiger partial charge is 0.299 e. The number of rotatable bonds is 6. The molecule has 0 radical (unpaired) electrons. The standard InChI is InChI=1S/C26H26F4N2O2S/c1-19-5-4-7-24(17-19)35(33,34)32(22-11-9-21(27)10-12-22)23-13-15-31(16-14-23)18-20-6-2-3-8-25(20)26(28,29)30/h2-12,17,23H,13-16,18H2,1H3. The van der Waals surface area contributed by atoms with Crippen LogP contribution in [0.15, 0.2) is 77.7 Å². The van der Waals surface area contributed by atoms with Gasteiger partial charge in [0.1, 0.15) is 5.82 Å². The number of hydrogen-bond donors (Lipinski definition) is 0. The van der Waals surface area contributed by atoms with E-state index in [0.29, 0.717) is 31.6 Å². The first-order chi connectivity index (χ1) is 16.6. The van der Waals surface area contributed by atoms with E-state index in [-0.39, 0.29) is 17.0 Å². The molecular weight excluding hydrogens is 480 g/mol. The quantitative estimate of drug-likeness (QED) is 0.385. The zero-order valence-corrected chi connectivity index (χ0v) is 20.0. The van der Waals surface area contributed by atoms with E-state index in [1.54, 1.807) is 31.2 Å². The van der Waals surface area contributed by atoms with Gasteiger partial charge in [-0.2, -0.15) is 13.2 Å². The zero-order chi connectivity index (χ0) is 25.2. The van der Waals surface area contributed by atoms with Gasteiger partial charge in [-0.25, -0.2) is 12.8 Å². The molecular formula is C26H26F4N2O2S. The first-order valence-corrected chi connectivity index (χ1v) is 12.7. The van der Waals surface area contributed by atoms with Crippen molar-refractivity contribution >= 4 is 15.7 Å². The largest absolute Gasteiger partial charge is 0.416 e. The Morgan fingerprint density at radius 1 is 0.943 bits per heavy atom. The minimum atomic E-state index is -4.43. The molecule has 0 saturated carbocycles. The van der Waals surface area contributed by atoms with Gasteiger partial charge in [0.2, 0.25) is 0 Å². The van der Waals surface area contributed by atoms with Gasteiger partial charge in [0.15, 0.2) is 0 Å². The molecule has 0 unspecified atom stereocenters. The van der Waals surface area contributed by atoms with E-state index in [4.69, 9.17) is 0 Å². The van der Waals surface area contributed by atoms with E-state index in [0.717, 1.165) is 11.6 Å². The maximum Gasteiger partial charge on any atom is 0.416 e. The van der Waals surface area contributed by atoms with Crippen molar-refractivity contribution in [3.8, 4) is 0 Å². The topological polar surface area (TPSA) is 40.6 Å². The molecule has 0 atom stereocenters. The average Bonchev–Trinajstić information content (AvgIpc) is 2.81.